The van der Waals surface area contributed by atoms with Gasteiger partial charge in [0.25, 0.3) is 0 Å². The van der Waals surface area contributed by atoms with Crippen molar-refractivity contribution in [3.05, 3.63) is 0 Å². The standard InChI is InChI=1S/C16H26N2O2/c1-10(2)13-14(19)17-16(3,12-6-7-12)15(20)18(13)9-8-11-4-5-11/h10-13H,4-9H2,1-3H3,(H,17,19). The molecule has 2 aliphatic carbocycles. The Labute approximate surface area is 121 Å². The van der Waals surface area contributed by atoms with Crippen molar-refractivity contribution in [1.29, 1.82) is 0 Å². The van der Waals surface area contributed by atoms with E-state index < -0.39 is 5.54 Å². The van der Waals surface area contributed by atoms with E-state index in [0.29, 0.717) is 5.92 Å². The van der Waals surface area contributed by atoms with Crippen molar-refractivity contribution >= 4 is 11.8 Å². The first-order chi connectivity index (χ1) is 9.43. The molecule has 2 atom stereocenters. The fourth-order valence-electron chi connectivity index (χ4n) is 3.52. The molecule has 20 heavy (non-hydrogen) atoms. The van der Waals surface area contributed by atoms with E-state index in [0.717, 1.165) is 31.7 Å². The highest BCUT2D eigenvalue weighted by Gasteiger charge is 2.55. The fourth-order valence-corrected chi connectivity index (χ4v) is 3.52. The Morgan fingerprint density at radius 1 is 1.25 bits per heavy atom. The van der Waals surface area contributed by atoms with Crippen LogP contribution in [0.5, 0.6) is 0 Å². The molecule has 1 aliphatic heterocycles. The Balaban J connectivity index is 1.81. The summed E-state index contributed by atoms with van der Waals surface area (Å²) in [5.41, 5.74) is -0.647. The van der Waals surface area contributed by atoms with Gasteiger partial charge in [0.1, 0.15) is 11.6 Å². The van der Waals surface area contributed by atoms with Crippen molar-refractivity contribution in [1.82, 2.24) is 10.2 Å². The van der Waals surface area contributed by atoms with E-state index in [2.05, 4.69) is 5.32 Å². The molecule has 3 fully saturated rings. The minimum absolute atomic E-state index is 0.0461. The summed E-state index contributed by atoms with van der Waals surface area (Å²) in [5.74, 6) is 1.49. The lowest BCUT2D eigenvalue weighted by atomic mass is 9.86. The van der Waals surface area contributed by atoms with Crippen molar-refractivity contribution in [2.75, 3.05) is 6.54 Å². The molecule has 112 valence electrons. The van der Waals surface area contributed by atoms with Crippen LogP contribution < -0.4 is 5.32 Å². The zero-order chi connectivity index (χ0) is 14.5. The minimum Gasteiger partial charge on any atom is -0.340 e. The summed E-state index contributed by atoms with van der Waals surface area (Å²) in [5, 5.41) is 3.04. The van der Waals surface area contributed by atoms with Crippen molar-refractivity contribution in [3.63, 3.8) is 0 Å². The molecule has 0 radical (unpaired) electrons. The second-order valence-electron chi connectivity index (χ2n) is 7.39. The van der Waals surface area contributed by atoms with E-state index in [4.69, 9.17) is 0 Å². The normalized spacial score (nSPS) is 34.6. The highest BCUT2D eigenvalue weighted by Crippen LogP contribution is 2.43. The molecule has 2 unspecified atom stereocenters. The third kappa shape index (κ3) is 2.33. The molecular weight excluding hydrogens is 252 g/mol. The first-order valence-corrected chi connectivity index (χ1v) is 8.06. The van der Waals surface area contributed by atoms with E-state index in [9.17, 15) is 9.59 Å². The minimum atomic E-state index is -0.647. The monoisotopic (exact) mass is 278 g/mol. The van der Waals surface area contributed by atoms with Gasteiger partial charge < -0.3 is 10.2 Å². The highest BCUT2D eigenvalue weighted by atomic mass is 16.2. The molecule has 0 bridgehead atoms. The van der Waals surface area contributed by atoms with Gasteiger partial charge in [-0.1, -0.05) is 26.7 Å². The molecule has 0 aromatic rings. The number of nitrogens with one attached hydrogen (secondary N) is 1. The third-order valence-electron chi connectivity index (χ3n) is 5.19. The summed E-state index contributed by atoms with van der Waals surface area (Å²) < 4.78 is 0. The summed E-state index contributed by atoms with van der Waals surface area (Å²) in [7, 11) is 0. The zero-order valence-electron chi connectivity index (χ0n) is 12.8. The number of rotatable bonds is 5. The predicted molar refractivity (Wildman–Crippen MR) is 77.0 cm³/mol. The van der Waals surface area contributed by atoms with Crippen molar-refractivity contribution < 1.29 is 9.59 Å². The second kappa shape index (κ2) is 4.74. The fraction of sp³-hybridized carbons (Fsp3) is 0.875. The molecule has 1 saturated heterocycles. The van der Waals surface area contributed by atoms with E-state index in [-0.39, 0.29) is 23.8 Å². The summed E-state index contributed by atoms with van der Waals surface area (Å²) in [4.78, 5) is 27.3. The molecule has 1 heterocycles. The number of amides is 2. The number of carbonyl (C=O) groups excluding carboxylic acids is 2. The molecule has 4 nitrogen and oxygen atoms in total. The van der Waals surface area contributed by atoms with Crippen molar-refractivity contribution in [3.8, 4) is 0 Å². The van der Waals surface area contributed by atoms with Crippen LogP contribution in [0.2, 0.25) is 0 Å². The summed E-state index contributed by atoms with van der Waals surface area (Å²) in [6, 6.07) is -0.284. The number of piperazine rings is 1. The predicted octanol–water partition coefficient (Wildman–Crippen LogP) is 1.94. The van der Waals surface area contributed by atoms with Gasteiger partial charge in [-0.2, -0.15) is 0 Å². The Morgan fingerprint density at radius 3 is 2.40 bits per heavy atom. The average molecular weight is 278 g/mol. The van der Waals surface area contributed by atoms with Crippen molar-refractivity contribution in [2.24, 2.45) is 17.8 Å². The number of hydrogen-bond donors (Lipinski definition) is 1. The molecular formula is C16H26N2O2. The third-order valence-corrected chi connectivity index (χ3v) is 5.19. The van der Waals surface area contributed by atoms with Crippen LogP contribution in [0.25, 0.3) is 0 Å². The van der Waals surface area contributed by atoms with E-state index in [1.165, 1.54) is 12.8 Å². The van der Waals surface area contributed by atoms with Gasteiger partial charge in [-0.15, -0.1) is 0 Å². The van der Waals surface area contributed by atoms with Crippen LogP contribution >= 0.6 is 0 Å². The topological polar surface area (TPSA) is 49.4 Å². The average Bonchev–Trinajstić information content (AvgIpc) is 3.25. The molecule has 0 spiro atoms. The largest absolute Gasteiger partial charge is 0.340 e. The lowest BCUT2D eigenvalue weighted by Crippen LogP contribution is -2.71. The number of hydrogen-bond acceptors (Lipinski definition) is 2. The van der Waals surface area contributed by atoms with E-state index in [1.807, 2.05) is 25.7 Å². The zero-order valence-corrected chi connectivity index (χ0v) is 12.8. The van der Waals surface area contributed by atoms with Crippen LogP contribution in [0.1, 0.15) is 52.9 Å². The maximum absolute atomic E-state index is 12.9. The first kappa shape index (κ1) is 13.9. The van der Waals surface area contributed by atoms with Gasteiger partial charge in [0, 0.05) is 6.54 Å². The SMILES string of the molecule is CC(C)C1C(=O)NC(C)(C2CC2)C(=O)N1CCC1CC1. The number of nitrogens with zero attached hydrogens (tertiary/aromatic N) is 1. The number of carbonyl (C=O) groups is 2. The summed E-state index contributed by atoms with van der Waals surface area (Å²) >= 11 is 0. The van der Waals surface area contributed by atoms with Crippen LogP contribution in [0.15, 0.2) is 0 Å². The van der Waals surface area contributed by atoms with Gasteiger partial charge in [-0.3, -0.25) is 9.59 Å². The van der Waals surface area contributed by atoms with E-state index >= 15 is 0 Å². The maximum Gasteiger partial charge on any atom is 0.249 e. The van der Waals surface area contributed by atoms with Gasteiger partial charge in [0.2, 0.25) is 11.8 Å². The first-order valence-electron chi connectivity index (χ1n) is 8.06. The molecule has 2 amide bonds. The molecule has 3 aliphatic rings. The Kier molecular flexibility index (Phi) is 3.30. The van der Waals surface area contributed by atoms with Crippen LogP contribution in [0, 0.1) is 17.8 Å². The summed E-state index contributed by atoms with van der Waals surface area (Å²) in [6.07, 6.45) is 5.76. The molecule has 4 heteroatoms. The Hall–Kier alpha value is -1.06. The summed E-state index contributed by atoms with van der Waals surface area (Å²) in [6.45, 7) is 6.73. The Bertz CT molecular complexity index is 426. The lowest BCUT2D eigenvalue weighted by Gasteiger charge is -2.46. The molecule has 3 rings (SSSR count). The van der Waals surface area contributed by atoms with Gasteiger partial charge in [0.15, 0.2) is 0 Å². The maximum atomic E-state index is 12.9. The molecule has 2 saturated carbocycles. The quantitative estimate of drug-likeness (QED) is 0.835. The molecule has 0 aromatic carbocycles. The van der Waals surface area contributed by atoms with Crippen LogP contribution in [-0.4, -0.2) is 34.8 Å². The lowest BCUT2D eigenvalue weighted by molar-refractivity contribution is -0.157. The van der Waals surface area contributed by atoms with Gasteiger partial charge >= 0.3 is 0 Å². The highest BCUT2D eigenvalue weighted by molar-refractivity contribution is 6.00. The molecule has 0 aromatic heterocycles. The van der Waals surface area contributed by atoms with Gasteiger partial charge in [-0.05, 0) is 43.9 Å². The van der Waals surface area contributed by atoms with Gasteiger partial charge in [0.05, 0.1) is 0 Å². The van der Waals surface area contributed by atoms with E-state index in [1.54, 1.807) is 0 Å². The van der Waals surface area contributed by atoms with Gasteiger partial charge in [-0.25, -0.2) is 0 Å². The Morgan fingerprint density at radius 2 is 1.90 bits per heavy atom. The van der Waals surface area contributed by atoms with Crippen LogP contribution in [0.3, 0.4) is 0 Å². The second-order valence-corrected chi connectivity index (χ2v) is 7.39. The van der Waals surface area contributed by atoms with Crippen molar-refractivity contribution in [2.45, 2.75) is 64.5 Å². The molecule has 1 N–H and O–H groups in total. The van der Waals surface area contributed by atoms with Crippen LogP contribution in [0.4, 0.5) is 0 Å². The van der Waals surface area contributed by atoms with Crippen LogP contribution in [-0.2, 0) is 9.59 Å². The smallest absolute Gasteiger partial charge is 0.249 e.